The maximum absolute atomic E-state index is 6.13. The minimum Gasteiger partial charge on any atom is -0.493 e. The van der Waals surface area contributed by atoms with Crippen molar-refractivity contribution in [3.63, 3.8) is 0 Å². The first-order valence-corrected chi connectivity index (χ1v) is 10.8. The fourth-order valence-electron chi connectivity index (χ4n) is 2.48. The lowest BCUT2D eigenvalue weighted by Gasteiger charge is -2.16. The van der Waals surface area contributed by atoms with Gasteiger partial charge in [-0.05, 0) is 56.5 Å². The summed E-state index contributed by atoms with van der Waals surface area (Å²) in [5.41, 5.74) is 6.37. The van der Waals surface area contributed by atoms with E-state index in [-0.39, 0.29) is 0 Å². The van der Waals surface area contributed by atoms with Gasteiger partial charge in [-0.2, -0.15) is 0 Å². The largest absolute Gasteiger partial charge is 0.493 e. The third-order valence-corrected chi connectivity index (χ3v) is 4.83. The van der Waals surface area contributed by atoms with Gasteiger partial charge < -0.3 is 9.47 Å². The fourth-order valence-corrected chi connectivity index (χ4v) is 2.83. The van der Waals surface area contributed by atoms with E-state index >= 15 is 0 Å². The highest BCUT2D eigenvalue weighted by Gasteiger charge is 2.10. The molecule has 0 amide bonds. The SMILES string of the molecule is C=C(C)C(=C)/C=C(/OCC)C(/C=C(\CC)OCc1cccc(CBr)c1)=C(C)C. The summed E-state index contributed by atoms with van der Waals surface area (Å²) >= 11 is 3.50. The van der Waals surface area contributed by atoms with Crippen molar-refractivity contribution in [1.29, 1.82) is 0 Å². The Kier molecular flexibility index (Phi) is 10.7. The second-order valence-corrected chi connectivity index (χ2v) is 7.43. The highest BCUT2D eigenvalue weighted by atomic mass is 79.9. The van der Waals surface area contributed by atoms with Crippen molar-refractivity contribution in [2.45, 2.75) is 53.0 Å². The van der Waals surface area contributed by atoms with Crippen LogP contribution in [0.5, 0.6) is 0 Å². The van der Waals surface area contributed by atoms with Crippen molar-refractivity contribution < 1.29 is 9.47 Å². The quantitative estimate of drug-likeness (QED) is 0.197. The highest BCUT2D eigenvalue weighted by molar-refractivity contribution is 9.08. The minimum atomic E-state index is 0.544. The molecule has 152 valence electrons. The standard InChI is InChI=1S/C25H33BrO2/c1-8-23(28-17-22-12-10-11-21(14-22)16-26)15-24(19(5)6)25(27-9-2)13-20(7)18(3)4/h10-15H,3,7-9,16-17H2,1-2,4-6H3/b23-15+,25-13+. The van der Waals surface area contributed by atoms with Crippen molar-refractivity contribution in [2.75, 3.05) is 6.61 Å². The molecule has 2 nitrogen and oxygen atoms in total. The second kappa shape index (κ2) is 12.5. The first-order valence-electron chi connectivity index (χ1n) is 9.66. The van der Waals surface area contributed by atoms with Gasteiger partial charge in [-0.3, -0.25) is 0 Å². The van der Waals surface area contributed by atoms with Crippen LogP contribution in [0.2, 0.25) is 0 Å². The zero-order valence-electron chi connectivity index (χ0n) is 17.9. The van der Waals surface area contributed by atoms with E-state index in [1.165, 1.54) is 5.56 Å². The molecule has 1 aromatic rings. The lowest BCUT2D eigenvalue weighted by molar-refractivity contribution is 0.190. The molecule has 0 spiro atoms. The van der Waals surface area contributed by atoms with Crippen molar-refractivity contribution >= 4 is 15.9 Å². The molecule has 0 N–H and O–H groups in total. The zero-order chi connectivity index (χ0) is 21.1. The van der Waals surface area contributed by atoms with Gasteiger partial charge in [0.2, 0.25) is 0 Å². The summed E-state index contributed by atoms with van der Waals surface area (Å²) in [7, 11) is 0. The van der Waals surface area contributed by atoms with Crippen LogP contribution in [0, 0.1) is 0 Å². The Morgan fingerprint density at radius 3 is 2.25 bits per heavy atom. The molecule has 0 fully saturated rings. The van der Waals surface area contributed by atoms with Crippen LogP contribution in [0.15, 0.2) is 83.4 Å². The van der Waals surface area contributed by atoms with E-state index in [4.69, 9.17) is 9.47 Å². The molecule has 0 aliphatic carbocycles. The molecule has 0 aliphatic rings. The van der Waals surface area contributed by atoms with E-state index in [2.05, 4.69) is 80.2 Å². The molecular weight excluding hydrogens is 412 g/mol. The van der Waals surface area contributed by atoms with Crippen molar-refractivity contribution in [3.05, 3.63) is 94.5 Å². The summed E-state index contributed by atoms with van der Waals surface area (Å²) in [4.78, 5) is 0. The van der Waals surface area contributed by atoms with Crippen LogP contribution in [0.25, 0.3) is 0 Å². The molecule has 3 heteroatoms. The summed E-state index contributed by atoms with van der Waals surface area (Å²) in [6.45, 7) is 19.4. The predicted octanol–water partition coefficient (Wildman–Crippen LogP) is 7.78. The number of hydrogen-bond donors (Lipinski definition) is 0. The van der Waals surface area contributed by atoms with E-state index in [1.807, 2.05) is 19.9 Å². The molecule has 0 radical (unpaired) electrons. The van der Waals surface area contributed by atoms with Gasteiger partial charge in [0.15, 0.2) is 0 Å². The van der Waals surface area contributed by atoms with E-state index in [0.29, 0.717) is 13.2 Å². The maximum atomic E-state index is 6.13. The molecule has 0 heterocycles. The monoisotopic (exact) mass is 444 g/mol. The van der Waals surface area contributed by atoms with Crippen LogP contribution in [0.1, 0.15) is 52.2 Å². The van der Waals surface area contributed by atoms with Crippen LogP contribution in [-0.4, -0.2) is 6.61 Å². The third kappa shape index (κ3) is 7.93. The lowest BCUT2D eigenvalue weighted by Crippen LogP contribution is -2.01. The van der Waals surface area contributed by atoms with Gasteiger partial charge in [0.25, 0.3) is 0 Å². The van der Waals surface area contributed by atoms with Crippen LogP contribution < -0.4 is 0 Å². The number of allylic oxidation sites excluding steroid dienone is 6. The molecule has 0 unspecified atom stereocenters. The summed E-state index contributed by atoms with van der Waals surface area (Å²) in [5.74, 6) is 1.72. The summed E-state index contributed by atoms with van der Waals surface area (Å²) in [6.07, 6.45) is 4.84. The summed E-state index contributed by atoms with van der Waals surface area (Å²) in [5, 5.41) is 0.842. The van der Waals surface area contributed by atoms with Crippen LogP contribution in [0.4, 0.5) is 0 Å². The number of rotatable bonds is 11. The molecule has 28 heavy (non-hydrogen) atoms. The lowest BCUT2D eigenvalue weighted by atomic mass is 10.0. The Labute approximate surface area is 179 Å². The van der Waals surface area contributed by atoms with Crippen molar-refractivity contribution in [2.24, 2.45) is 0 Å². The number of hydrogen-bond acceptors (Lipinski definition) is 2. The Hall–Kier alpha value is -2.00. The van der Waals surface area contributed by atoms with E-state index in [1.54, 1.807) is 0 Å². The van der Waals surface area contributed by atoms with Crippen LogP contribution in [-0.2, 0) is 21.4 Å². The van der Waals surface area contributed by atoms with Crippen molar-refractivity contribution in [3.8, 4) is 0 Å². The fraction of sp³-hybridized carbons (Fsp3) is 0.360. The second-order valence-electron chi connectivity index (χ2n) is 6.87. The first kappa shape index (κ1) is 24.0. The van der Waals surface area contributed by atoms with Crippen molar-refractivity contribution in [1.82, 2.24) is 0 Å². The maximum Gasteiger partial charge on any atom is 0.127 e. The first-order chi connectivity index (χ1) is 13.3. The molecule has 1 rings (SSSR count). The van der Waals surface area contributed by atoms with Gasteiger partial charge >= 0.3 is 0 Å². The average Bonchev–Trinajstić information content (AvgIpc) is 2.67. The highest BCUT2D eigenvalue weighted by Crippen LogP contribution is 2.24. The predicted molar refractivity (Wildman–Crippen MR) is 124 cm³/mol. The molecule has 0 aromatic heterocycles. The molecule has 0 aliphatic heterocycles. The average molecular weight is 445 g/mol. The summed E-state index contributed by atoms with van der Waals surface area (Å²) in [6, 6.07) is 8.41. The van der Waals surface area contributed by atoms with E-state index < -0.39 is 0 Å². The smallest absolute Gasteiger partial charge is 0.127 e. The molecule has 1 aromatic carbocycles. The van der Waals surface area contributed by atoms with Crippen LogP contribution >= 0.6 is 15.9 Å². The molecular formula is C25H33BrO2. The Morgan fingerprint density at radius 2 is 1.71 bits per heavy atom. The van der Waals surface area contributed by atoms with E-state index in [9.17, 15) is 0 Å². The molecule has 0 saturated heterocycles. The van der Waals surface area contributed by atoms with Gasteiger partial charge in [-0.25, -0.2) is 0 Å². The third-order valence-electron chi connectivity index (χ3n) is 4.18. The van der Waals surface area contributed by atoms with Gasteiger partial charge in [-0.1, -0.05) is 71.4 Å². The molecule has 0 bridgehead atoms. The van der Waals surface area contributed by atoms with Gasteiger partial charge in [0, 0.05) is 17.3 Å². The number of halogens is 1. The van der Waals surface area contributed by atoms with Gasteiger partial charge in [0.1, 0.15) is 12.4 Å². The molecule has 0 saturated carbocycles. The zero-order valence-corrected chi connectivity index (χ0v) is 19.5. The minimum absolute atomic E-state index is 0.544. The number of alkyl halides is 1. The van der Waals surface area contributed by atoms with Crippen LogP contribution in [0.3, 0.4) is 0 Å². The molecule has 0 atom stereocenters. The van der Waals surface area contributed by atoms with E-state index in [0.717, 1.165) is 51.1 Å². The van der Waals surface area contributed by atoms with Gasteiger partial charge in [0.05, 0.1) is 12.4 Å². The Bertz CT molecular complexity index is 777. The topological polar surface area (TPSA) is 18.5 Å². The normalized spacial score (nSPS) is 11.8. The summed E-state index contributed by atoms with van der Waals surface area (Å²) < 4.78 is 12.0. The Morgan fingerprint density at radius 1 is 1.04 bits per heavy atom. The number of ether oxygens (including phenoxy) is 2. The van der Waals surface area contributed by atoms with Gasteiger partial charge in [-0.15, -0.1) is 0 Å². The number of benzene rings is 1. The Balaban J connectivity index is 3.12.